The van der Waals surface area contributed by atoms with E-state index < -0.39 is 17.9 Å². The van der Waals surface area contributed by atoms with E-state index in [9.17, 15) is 9.59 Å². The Morgan fingerprint density at radius 1 is 1.39 bits per heavy atom. The lowest BCUT2D eigenvalue weighted by atomic mass is 10.2. The summed E-state index contributed by atoms with van der Waals surface area (Å²) < 4.78 is 0. The van der Waals surface area contributed by atoms with Crippen molar-refractivity contribution in [1.82, 2.24) is 10.3 Å². The lowest BCUT2D eigenvalue weighted by Crippen LogP contribution is -2.41. The molecule has 0 saturated heterocycles. The summed E-state index contributed by atoms with van der Waals surface area (Å²) in [5.74, 6) is -1.35. The van der Waals surface area contributed by atoms with E-state index in [-0.39, 0.29) is 22.3 Å². The molecule has 0 aliphatic carbocycles. The van der Waals surface area contributed by atoms with Crippen LogP contribution in [0.1, 0.15) is 16.8 Å². The Balaban J connectivity index is 2.83. The molecule has 1 aromatic rings. The number of carbonyl (C=O) groups excluding carboxylic acids is 1. The van der Waals surface area contributed by atoms with E-state index in [0.29, 0.717) is 5.75 Å². The number of carboxylic acids is 1. The van der Waals surface area contributed by atoms with Crippen molar-refractivity contribution in [2.24, 2.45) is 0 Å². The first kappa shape index (κ1) is 15.1. The molecule has 18 heavy (non-hydrogen) atoms. The average Bonchev–Trinajstić information content (AvgIpc) is 2.26. The summed E-state index contributed by atoms with van der Waals surface area (Å²) in [6, 6.07) is 1.62. The van der Waals surface area contributed by atoms with Gasteiger partial charge in [0.05, 0.1) is 0 Å². The van der Waals surface area contributed by atoms with Crippen molar-refractivity contribution in [2.75, 3.05) is 5.75 Å². The summed E-state index contributed by atoms with van der Waals surface area (Å²) in [5.41, 5.74) is 0.158. The number of nitrogens with zero attached hydrogens (tertiary/aromatic N) is 1. The smallest absolute Gasteiger partial charge is 0.326 e. The van der Waals surface area contributed by atoms with E-state index >= 15 is 0 Å². The predicted octanol–water partition coefficient (Wildman–Crippen LogP) is 1.89. The summed E-state index contributed by atoms with van der Waals surface area (Å²) in [5, 5.41) is 11.4. The summed E-state index contributed by atoms with van der Waals surface area (Å²) in [4.78, 5) is 26.4. The van der Waals surface area contributed by atoms with Crippen molar-refractivity contribution >= 4 is 47.7 Å². The van der Waals surface area contributed by atoms with Crippen LogP contribution in [0.15, 0.2) is 12.1 Å². The van der Waals surface area contributed by atoms with Gasteiger partial charge in [0, 0.05) is 5.56 Å². The molecule has 2 N–H and O–H groups in total. The maximum Gasteiger partial charge on any atom is 0.326 e. The zero-order valence-electron chi connectivity index (χ0n) is 9.06. The normalized spacial score (nSPS) is 11.9. The topological polar surface area (TPSA) is 79.3 Å². The molecule has 98 valence electrons. The van der Waals surface area contributed by atoms with E-state index in [1.807, 2.05) is 0 Å². The number of aromatic nitrogens is 1. The van der Waals surface area contributed by atoms with Crippen molar-refractivity contribution in [3.8, 4) is 0 Å². The van der Waals surface area contributed by atoms with Gasteiger partial charge >= 0.3 is 5.97 Å². The predicted molar refractivity (Wildman–Crippen MR) is 71.6 cm³/mol. The molecule has 1 rings (SSSR count). The zero-order valence-corrected chi connectivity index (χ0v) is 11.5. The molecule has 0 saturated carbocycles. The Kier molecular flexibility index (Phi) is 5.71. The SMILES string of the molecule is O=C(NC(CCS)C(=O)O)c1cc(Cl)nc(Cl)c1. The van der Waals surface area contributed by atoms with Crippen LogP contribution in [0.25, 0.3) is 0 Å². The van der Waals surface area contributed by atoms with Crippen LogP contribution in [0.4, 0.5) is 0 Å². The van der Waals surface area contributed by atoms with E-state index in [4.69, 9.17) is 28.3 Å². The lowest BCUT2D eigenvalue weighted by Gasteiger charge is -2.13. The number of halogens is 2. The van der Waals surface area contributed by atoms with Crippen molar-refractivity contribution < 1.29 is 14.7 Å². The highest BCUT2D eigenvalue weighted by Gasteiger charge is 2.20. The number of carbonyl (C=O) groups is 2. The van der Waals surface area contributed by atoms with Crippen LogP contribution in [0, 0.1) is 0 Å². The maximum absolute atomic E-state index is 11.8. The van der Waals surface area contributed by atoms with E-state index in [0.717, 1.165) is 0 Å². The van der Waals surface area contributed by atoms with E-state index in [1.54, 1.807) is 0 Å². The van der Waals surface area contributed by atoms with Gasteiger partial charge in [-0.1, -0.05) is 23.2 Å². The molecule has 8 heteroatoms. The minimum atomic E-state index is -1.12. The molecular formula is C10H10Cl2N2O3S. The standard InChI is InChI=1S/C10H10Cl2N2O3S/c11-7-3-5(4-8(12)14-7)9(15)13-6(1-2-18)10(16)17/h3-4,6,18H,1-2H2,(H,13,15)(H,16,17). The molecule has 0 bridgehead atoms. The third-order valence-corrected chi connectivity index (χ3v) is 2.69. The van der Waals surface area contributed by atoms with Gasteiger partial charge in [-0.15, -0.1) is 0 Å². The first-order chi connectivity index (χ1) is 8.43. The fourth-order valence-corrected chi connectivity index (χ4v) is 1.94. The van der Waals surface area contributed by atoms with Crippen LogP contribution >= 0.6 is 35.8 Å². The maximum atomic E-state index is 11.8. The number of hydrogen-bond donors (Lipinski definition) is 3. The Labute approximate surface area is 119 Å². The second-order valence-electron chi connectivity index (χ2n) is 3.38. The highest BCUT2D eigenvalue weighted by Crippen LogP contribution is 2.14. The minimum absolute atomic E-state index is 0.0636. The van der Waals surface area contributed by atoms with Crippen LogP contribution in [0.2, 0.25) is 10.3 Å². The van der Waals surface area contributed by atoms with Crippen LogP contribution in [-0.2, 0) is 4.79 Å². The molecule has 5 nitrogen and oxygen atoms in total. The molecule has 0 aliphatic heterocycles. The lowest BCUT2D eigenvalue weighted by molar-refractivity contribution is -0.139. The molecule has 0 fully saturated rings. The van der Waals surface area contributed by atoms with Crippen molar-refractivity contribution in [2.45, 2.75) is 12.5 Å². The number of thiol groups is 1. The van der Waals surface area contributed by atoms with Crippen molar-refractivity contribution in [3.05, 3.63) is 28.0 Å². The second-order valence-corrected chi connectivity index (χ2v) is 4.60. The van der Waals surface area contributed by atoms with Gasteiger partial charge in [0.15, 0.2) is 0 Å². The molecule has 1 aromatic heterocycles. The fraction of sp³-hybridized carbons (Fsp3) is 0.300. The van der Waals surface area contributed by atoms with Crippen LogP contribution in [-0.4, -0.2) is 33.8 Å². The Bertz CT molecular complexity index is 450. The van der Waals surface area contributed by atoms with Gasteiger partial charge < -0.3 is 10.4 Å². The largest absolute Gasteiger partial charge is 0.480 e. The molecule has 1 heterocycles. The number of carboxylic acid groups (broad SMARTS) is 1. The van der Waals surface area contributed by atoms with Gasteiger partial charge in [-0.3, -0.25) is 4.79 Å². The van der Waals surface area contributed by atoms with Gasteiger partial charge in [0.1, 0.15) is 16.3 Å². The minimum Gasteiger partial charge on any atom is -0.480 e. The highest BCUT2D eigenvalue weighted by atomic mass is 35.5. The van der Waals surface area contributed by atoms with E-state index in [1.165, 1.54) is 12.1 Å². The number of aliphatic carboxylic acids is 1. The van der Waals surface area contributed by atoms with Gasteiger partial charge in [-0.25, -0.2) is 9.78 Å². The molecule has 0 aromatic carbocycles. The molecule has 1 unspecified atom stereocenters. The monoisotopic (exact) mass is 308 g/mol. The van der Waals surface area contributed by atoms with Crippen molar-refractivity contribution in [1.29, 1.82) is 0 Å². The second kappa shape index (κ2) is 6.82. The summed E-state index contributed by atoms with van der Waals surface area (Å²) in [6.45, 7) is 0. The number of pyridine rings is 1. The summed E-state index contributed by atoms with van der Waals surface area (Å²) in [6.07, 6.45) is 0.219. The first-order valence-corrected chi connectivity index (χ1v) is 6.30. The van der Waals surface area contributed by atoms with Crippen LogP contribution in [0.3, 0.4) is 0 Å². The molecule has 0 spiro atoms. The van der Waals surface area contributed by atoms with E-state index in [2.05, 4.69) is 22.9 Å². The molecule has 0 aliphatic rings. The molecular weight excluding hydrogens is 299 g/mol. The van der Waals surface area contributed by atoms with Gasteiger partial charge in [0.2, 0.25) is 0 Å². The van der Waals surface area contributed by atoms with Crippen LogP contribution in [0.5, 0.6) is 0 Å². The average molecular weight is 309 g/mol. The fourth-order valence-electron chi connectivity index (χ4n) is 1.22. The van der Waals surface area contributed by atoms with Crippen molar-refractivity contribution in [3.63, 3.8) is 0 Å². The molecule has 1 amide bonds. The number of nitrogens with one attached hydrogen (secondary N) is 1. The van der Waals surface area contributed by atoms with Gasteiger partial charge in [0.25, 0.3) is 5.91 Å². The van der Waals surface area contributed by atoms with Gasteiger partial charge in [-0.2, -0.15) is 12.6 Å². The quantitative estimate of drug-likeness (QED) is 0.573. The number of rotatable bonds is 5. The Morgan fingerprint density at radius 2 is 1.94 bits per heavy atom. The van der Waals surface area contributed by atoms with Gasteiger partial charge in [-0.05, 0) is 24.3 Å². The Morgan fingerprint density at radius 3 is 2.39 bits per heavy atom. The molecule has 1 atom stereocenters. The third kappa shape index (κ3) is 4.36. The Hall–Kier alpha value is -0.980. The number of amides is 1. The zero-order chi connectivity index (χ0) is 13.7. The number of hydrogen-bond acceptors (Lipinski definition) is 4. The summed E-state index contributed by atoms with van der Waals surface area (Å²) in [7, 11) is 0. The highest BCUT2D eigenvalue weighted by molar-refractivity contribution is 7.80. The third-order valence-electron chi connectivity index (χ3n) is 2.05. The van der Waals surface area contributed by atoms with Crippen LogP contribution < -0.4 is 5.32 Å². The summed E-state index contributed by atoms with van der Waals surface area (Å²) >= 11 is 15.2. The molecule has 0 radical (unpaired) electrons. The first-order valence-electron chi connectivity index (χ1n) is 4.91.